The van der Waals surface area contributed by atoms with Crippen LogP contribution in [0, 0.1) is 5.92 Å². The molecule has 3 nitrogen and oxygen atoms in total. The zero-order chi connectivity index (χ0) is 10.5. The summed E-state index contributed by atoms with van der Waals surface area (Å²) in [5.41, 5.74) is 0.794. The highest BCUT2D eigenvalue weighted by Crippen LogP contribution is 2.02. The number of sulfonamides is 1. The molecule has 1 atom stereocenters. The van der Waals surface area contributed by atoms with Gasteiger partial charge >= 0.3 is 0 Å². The van der Waals surface area contributed by atoms with E-state index < -0.39 is 10.0 Å². The summed E-state index contributed by atoms with van der Waals surface area (Å²) >= 11 is 5.51. The average molecular weight is 226 g/mol. The van der Waals surface area contributed by atoms with Crippen LogP contribution in [0.15, 0.2) is 12.2 Å². The van der Waals surface area contributed by atoms with Gasteiger partial charge in [-0.3, -0.25) is 0 Å². The van der Waals surface area contributed by atoms with E-state index in [4.69, 9.17) is 11.6 Å². The molecule has 0 aromatic heterocycles. The average Bonchev–Trinajstić information content (AvgIpc) is 2.00. The van der Waals surface area contributed by atoms with Gasteiger partial charge in [0.05, 0.1) is 5.75 Å². The maximum absolute atomic E-state index is 11.3. The van der Waals surface area contributed by atoms with Crippen molar-refractivity contribution in [1.82, 2.24) is 4.72 Å². The van der Waals surface area contributed by atoms with Gasteiger partial charge in [0.2, 0.25) is 10.0 Å². The predicted octanol–water partition coefficient (Wildman–Crippen LogP) is 1.36. The van der Waals surface area contributed by atoms with Crippen LogP contribution in [0.4, 0.5) is 0 Å². The second-order valence-corrected chi connectivity index (χ2v) is 5.48. The minimum Gasteiger partial charge on any atom is -0.212 e. The third-order valence-corrected chi connectivity index (χ3v) is 3.48. The largest absolute Gasteiger partial charge is 0.212 e. The lowest BCUT2D eigenvalue weighted by molar-refractivity contribution is 0.572. The molecule has 78 valence electrons. The summed E-state index contributed by atoms with van der Waals surface area (Å²) in [6, 6.07) is 0. The smallest absolute Gasteiger partial charge is 0.212 e. The van der Waals surface area contributed by atoms with E-state index >= 15 is 0 Å². The summed E-state index contributed by atoms with van der Waals surface area (Å²) in [7, 11) is -3.18. The van der Waals surface area contributed by atoms with Crippen LogP contribution in [0.25, 0.3) is 0 Å². The monoisotopic (exact) mass is 225 g/mol. The van der Waals surface area contributed by atoms with Gasteiger partial charge in [-0.25, -0.2) is 13.1 Å². The molecule has 0 saturated heterocycles. The standard InChI is InChI=1S/C8H16ClNO2S/c1-7(2)5-10-13(11,12)6-8(3)4-9/h8,10H,1,4-6H2,2-3H3. The van der Waals surface area contributed by atoms with E-state index in [1.807, 2.05) is 0 Å². The fourth-order valence-corrected chi connectivity index (χ4v) is 2.40. The van der Waals surface area contributed by atoms with Gasteiger partial charge in [0.1, 0.15) is 0 Å². The van der Waals surface area contributed by atoms with Crippen molar-refractivity contribution in [2.75, 3.05) is 18.2 Å². The second kappa shape index (κ2) is 5.62. The Morgan fingerprint density at radius 1 is 1.62 bits per heavy atom. The molecule has 0 rings (SSSR count). The molecular formula is C8H16ClNO2S. The molecular weight excluding hydrogens is 210 g/mol. The Labute approximate surface area is 85.2 Å². The lowest BCUT2D eigenvalue weighted by Gasteiger charge is -2.09. The normalized spacial score (nSPS) is 14.1. The van der Waals surface area contributed by atoms with Crippen molar-refractivity contribution >= 4 is 21.6 Å². The van der Waals surface area contributed by atoms with Gasteiger partial charge in [0.25, 0.3) is 0 Å². The molecule has 0 bridgehead atoms. The Hall–Kier alpha value is -0.0600. The van der Waals surface area contributed by atoms with Crippen molar-refractivity contribution in [3.05, 3.63) is 12.2 Å². The van der Waals surface area contributed by atoms with Crippen LogP contribution in [0.5, 0.6) is 0 Å². The molecule has 0 aromatic carbocycles. The van der Waals surface area contributed by atoms with Crippen molar-refractivity contribution in [1.29, 1.82) is 0 Å². The highest BCUT2D eigenvalue weighted by molar-refractivity contribution is 7.89. The van der Waals surface area contributed by atoms with Crippen LogP contribution >= 0.6 is 11.6 Å². The van der Waals surface area contributed by atoms with Gasteiger partial charge in [0.15, 0.2) is 0 Å². The van der Waals surface area contributed by atoms with Gasteiger partial charge in [-0.15, -0.1) is 11.6 Å². The van der Waals surface area contributed by atoms with E-state index in [1.165, 1.54) is 0 Å². The first kappa shape index (κ1) is 12.9. The van der Waals surface area contributed by atoms with E-state index in [-0.39, 0.29) is 11.7 Å². The van der Waals surface area contributed by atoms with Crippen molar-refractivity contribution in [3.8, 4) is 0 Å². The Morgan fingerprint density at radius 3 is 2.54 bits per heavy atom. The van der Waals surface area contributed by atoms with E-state index in [2.05, 4.69) is 11.3 Å². The van der Waals surface area contributed by atoms with E-state index in [1.54, 1.807) is 13.8 Å². The van der Waals surface area contributed by atoms with Crippen molar-refractivity contribution in [2.45, 2.75) is 13.8 Å². The third-order valence-electron chi connectivity index (χ3n) is 1.36. The zero-order valence-electron chi connectivity index (χ0n) is 8.01. The lowest BCUT2D eigenvalue weighted by Crippen LogP contribution is -2.30. The quantitative estimate of drug-likeness (QED) is 0.548. The highest BCUT2D eigenvalue weighted by atomic mass is 35.5. The number of hydrogen-bond donors (Lipinski definition) is 1. The minimum atomic E-state index is -3.18. The van der Waals surface area contributed by atoms with Crippen LogP contribution in [0.3, 0.4) is 0 Å². The zero-order valence-corrected chi connectivity index (χ0v) is 9.58. The topological polar surface area (TPSA) is 46.2 Å². The minimum absolute atomic E-state index is 0.0238. The summed E-state index contributed by atoms with van der Waals surface area (Å²) in [6.07, 6.45) is 0. The first-order valence-corrected chi connectivity index (χ1v) is 6.23. The Balaban J connectivity index is 4.02. The molecule has 1 N–H and O–H groups in total. The summed E-state index contributed by atoms with van der Waals surface area (Å²) < 4.78 is 25.0. The second-order valence-electron chi connectivity index (χ2n) is 3.32. The van der Waals surface area contributed by atoms with E-state index in [9.17, 15) is 8.42 Å². The Morgan fingerprint density at radius 2 is 2.15 bits per heavy atom. The van der Waals surface area contributed by atoms with E-state index in [0.29, 0.717) is 12.4 Å². The Bertz CT molecular complexity index is 261. The maximum atomic E-state index is 11.3. The number of hydrogen-bond acceptors (Lipinski definition) is 2. The first-order chi connectivity index (χ1) is 5.87. The molecule has 5 heteroatoms. The summed E-state index contributed by atoms with van der Waals surface area (Å²) in [6.45, 7) is 7.48. The molecule has 0 fully saturated rings. The number of alkyl halides is 1. The molecule has 0 amide bonds. The van der Waals surface area contributed by atoms with Crippen LogP contribution < -0.4 is 4.72 Å². The molecule has 0 aliphatic rings. The Kier molecular flexibility index (Phi) is 5.60. The SMILES string of the molecule is C=C(C)CNS(=O)(=O)CC(C)CCl. The molecule has 1 unspecified atom stereocenters. The van der Waals surface area contributed by atoms with Crippen molar-refractivity contribution in [3.63, 3.8) is 0 Å². The van der Waals surface area contributed by atoms with Gasteiger partial charge < -0.3 is 0 Å². The molecule has 13 heavy (non-hydrogen) atoms. The van der Waals surface area contributed by atoms with Gasteiger partial charge in [-0.1, -0.05) is 19.1 Å². The highest BCUT2D eigenvalue weighted by Gasteiger charge is 2.13. The van der Waals surface area contributed by atoms with Gasteiger partial charge in [-0.05, 0) is 12.8 Å². The van der Waals surface area contributed by atoms with Gasteiger partial charge in [-0.2, -0.15) is 0 Å². The van der Waals surface area contributed by atoms with Crippen LogP contribution in [0.1, 0.15) is 13.8 Å². The van der Waals surface area contributed by atoms with Crippen LogP contribution in [0.2, 0.25) is 0 Å². The molecule has 0 aromatic rings. The molecule has 0 aliphatic carbocycles. The third kappa shape index (κ3) is 7.05. The molecule has 0 heterocycles. The molecule has 0 spiro atoms. The van der Waals surface area contributed by atoms with Crippen molar-refractivity contribution < 1.29 is 8.42 Å². The van der Waals surface area contributed by atoms with Crippen LogP contribution in [-0.2, 0) is 10.0 Å². The molecule has 0 saturated carbocycles. The maximum Gasteiger partial charge on any atom is 0.212 e. The van der Waals surface area contributed by atoms with Crippen LogP contribution in [-0.4, -0.2) is 26.6 Å². The fourth-order valence-electron chi connectivity index (χ4n) is 0.711. The number of rotatable bonds is 6. The number of nitrogens with one attached hydrogen (secondary N) is 1. The van der Waals surface area contributed by atoms with Gasteiger partial charge in [0, 0.05) is 12.4 Å². The van der Waals surface area contributed by atoms with Crippen molar-refractivity contribution in [2.24, 2.45) is 5.92 Å². The molecule has 0 aliphatic heterocycles. The number of halogens is 1. The fraction of sp³-hybridized carbons (Fsp3) is 0.750. The molecule has 0 radical (unpaired) electrons. The summed E-state index contributed by atoms with van der Waals surface area (Å²) in [5, 5.41) is 0. The summed E-state index contributed by atoms with van der Waals surface area (Å²) in [4.78, 5) is 0. The van der Waals surface area contributed by atoms with E-state index in [0.717, 1.165) is 5.57 Å². The first-order valence-electron chi connectivity index (χ1n) is 4.05. The predicted molar refractivity (Wildman–Crippen MR) is 56.5 cm³/mol. The summed E-state index contributed by atoms with van der Waals surface area (Å²) in [5.74, 6) is 0.405. The lowest BCUT2D eigenvalue weighted by atomic mass is 10.3.